The highest BCUT2D eigenvalue weighted by Crippen LogP contribution is 2.01. The second kappa shape index (κ2) is 2.46. The molecule has 1 aromatic rings. The quantitative estimate of drug-likeness (QED) is 0.628. The van der Waals surface area contributed by atoms with Crippen LogP contribution in [-0.4, -0.2) is 4.68 Å². The Morgan fingerprint density at radius 3 is 2.70 bits per heavy atom. The second-order valence-electron chi connectivity index (χ2n) is 2.00. The molecule has 0 fully saturated rings. The van der Waals surface area contributed by atoms with E-state index in [1.807, 2.05) is 0 Å². The topological polar surface area (TPSA) is 48.0 Å². The Balaban J connectivity index is 3.50. The van der Waals surface area contributed by atoms with Gasteiger partial charge in [-0.05, 0) is 35.0 Å². The highest BCUT2D eigenvalue weighted by Gasteiger charge is 1.98. The van der Waals surface area contributed by atoms with Gasteiger partial charge in [0.1, 0.15) is 0 Å². The van der Waals surface area contributed by atoms with Crippen molar-refractivity contribution in [2.45, 2.75) is 6.92 Å². The van der Waals surface area contributed by atoms with Crippen molar-refractivity contribution in [3.63, 3.8) is 0 Å². The third kappa shape index (κ3) is 1.07. The van der Waals surface area contributed by atoms with Gasteiger partial charge in [-0.25, -0.2) is 4.68 Å². The van der Waals surface area contributed by atoms with Gasteiger partial charge in [-0.15, -0.1) is 0 Å². The maximum absolute atomic E-state index is 11.0. The summed E-state index contributed by atoms with van der Waals surface area (Å²) in [6.45, 7) is 1.77. The van der Waals surface area contributed by atoms with Gasteiger partial charge in [0.15, 0.2) is 0 Å². The number of aromatic nitrogens is 1. The smallest absolute Gasteiger partial charge is 0.283 e. The lowest BCUT2D eigenvalue weighted by atomic mass is 10.4. The minimum Gasteiger partial charge on any atom is -0.336 e. The van der Waals surface area contributed by atoms with Gasteiger partial charge in [0.2, 0.25) is 0 Å². The molecule has 54 valence electrons. The maximum Gasteiger partial charge on any atom is 0.283 e. The van der Waals surface area contributed by atoms with Gasteiger partial charge < -0.3 is 5.84 Å². The minimum atomic E-state index is -0.208. The molecular weight excluding hydrogens is 196 g/mol. The van der Waals surface area contributed by atoms with Crippen LogP contribution in [0.25, 0.3) is 0 Å². The summed E-state index contributed by atoms with van der Waals surface area (Å²) < 4.78 is 1.59. The zero-order valence-electron chi connectivity index (χ0n) is 5.47. The first kappa shape index (κ1) is 7.34. The number of nitrogens with zero attached hydrogens (tertiary/aromatic N) is 1. The van der Waals surface area contributed by atoms with Crippen molar-refractivity contribution in [1.82, 2.24) is 4.68 Å². The van der Waals surface area contributed by atoms with Gasteiger partial charge in [-0.1, -0.05) is 0 Å². The molecule has 1 aromatic heterocycles. The molecule has 0 aliphatic rings. The van der Waals surface area contributed by atoms with Crippen LogP contribution < -0.4 is 11.4 Å². The van der Waals surface area contributed by atoms with E-state index in [0.29, 0.717) is 4.47 Å². The summed E-state index contributed by atoms with van der Waals surface area (Å²) in [4.78, 5) is 11.0. The number of nitrogens with two attached hydrogens (primary N) is 1. The van der Waals surface area contributed by atoms with E-state index >= 15 is 0 Å². The number of pyridine rings is 1. The number of halogens is 1. The average Bonchev–Trinajstić information content (AvgIpc) is 1.93. The van der Waals surface area contributed by atoms with Gasteiger partial charge in [-0.2, -0.15) is 0 Å². The molecule has 1 heterocycles. The zero-order chi connectivity index (χ0) is 7.72. The third-order valence-electron chi connectivity index (χ3n) is 1.27. The largest absolute Gasteiger partial charge is 0.336 e. The standard InChI is InChI=1S/C6H7BrN2O/c1-4-2-3-5(7)6(10)9(4)8/h2-3H,8H2,1H3. The van der Waals surface area contributed by atoms with Crippen LogP contribution in [0.2, 0.25) is 0 Å². The fourth-order valence-corrected chi connectivity index (χ4v) is 0.944. The van der Waals surface area contributed by atoms with Gasteiger partial charge in [0.05, 0.1) is 4.47 Å². The van der Waals surface area contributed by atoms with Crippen molar-refractivity contribution in [3.05, 3.63) is 32.7 Å². The summed E-state index contributed by atoms with van der Waals surface area (Å²) >= 11 is 3.07. The Morgan fingerprint density at radius 2 is 2.20 bits per heavy atom. The maximum atomic E-state index is 11.0. The summed E-state index contributed by atoms with van der Waals surface area (Å²) in [5.74, 6) is 5.36. The monoisotopic (exact) mass is 202 g/mol. The molecule has 0 unspecified atom stereocenters. The molecule has 0 saturated carbocycles. The Bertz CT molecular complexity index is 305. The molecule has 0 radical (unpaired) electrons. The predicted molar refractivity (Wildman–Crippen MR) is 43.3 cm³/mol. The molecule has 0 spiro atoms. The molecule has 0 aliphatic carbocycles. The zero-order valence-corrected chi connectivity index (χ0v) is 7.05. The van der Waals surface area contributed by atoms with Crippen LogP contribution in [0.1, 0.15) is 5.69 Å². The van der Waals surface area contributed by atoms with E-state index < -0.39 is 0 Å². The van der Waals surface area contributed by atoms with E-state index in [0.717, 1.165) is 10.4 Å². The molecule has 0 aromatic carbocycles. The van der Waals surface area contributed by atoms with Gasteiger partial charge in [-0.3, -0.25) is 4.79 Å². The number of hydrogen-bond donors (Lipinski definition) is 1. The van der Waals surface area contributed by atoms with Crippen molar-refractivity contribution in [3.8, 4) is 0 Å². The van der Waals surface area contributed by atoms with Gasteiger partial charge in [0, 0.05) is 5.69 Å². The second-order valence-corrected chi connectivity index (χ2v) is 2.85. The van der Waals surface area contributed by atoms with Crippen LogP contribution in [-0.2, 0) is 0 Å². The highest BCUT2D eigenvalue weighted by molar-refractivity contribution is 9.10. The molecule has 0 amide bonds. The summed E-state index contributed by atoms with van der Waals surface area (Å²) in [6, 6.07) is 3.45. The van der Waals surface area contributed by atoms with Crippen molar-refractivity contribution in [2.24, 2.45) is 0 Å². The SMILES string of the molecule is Cc1ccc(Br)c(=O)n1N. The van der Waals surface area contributed by atoms with Gasteiger partial charge >= 0.3 is 0 Å². The van der Waals surface area contributed by atoms with Crippen molar-refractivity contribution < 1.29 is 0 Å². The van der Waals surface area contributed by atoms with Crippen LogP contribution in [0, 0.1) is 6.92 Å². The number of aryl methyl sites for hydroxylation is 1. The molecular formula is C6H7BrN2O. The fraction of sp³-hybridized carbons (Fsp3) is 0.167. The van der Waals surface area contributed by atoms with E-state index in [2.05, 4.69) is 15.9 Å². The Labute approximate surface area is 66.6 Å². The normalized spacial score (nSPS) is 9.80. The van der Waals surface area contributed by atoms with E-state index in [9.17, 15) is 4.79 Å². The molecule has 4 heteroatoms. The third-order valence-corrected chi connectivity index (χ3v) is 1.88. The van der Waals surface area contributed by atoms with Crippen LogP contribution in [0.4, 0.5) is 0 Å². The summed E-state index contributed by atoms with van der Waals surface area (Å²) in [5, 5.41) is 0. The number of nitrogen functional groups attached to an aromatic ring is 1. The van der Waals surface area contributed by atoms with Gasteiger partial charge in [0.25, 0.3) is 5.56 Å². The Hall–Kier alpha value is -0.770. The summed E-state index contributed by atoms with van der Waals surface area (Å²) in [6.07, 6.45) is 0. The van der Waals surface area contributed by atoms with Crippen LogP contribution in [0.5, 0.6) is 0 Å². The van der Waals surface area contributed by atoms with Crippen molar-refractivity contribution in [1.29, 1.82) is 0 Å². The van der Waals surface area contributed by atoms with Crippen LogP contribution in [0.15, 0.2) is 21.4 Å². The average molecular weight is 203 g/mol. The lowest BCUT2D eigenvalue weighted by molar-refractivity contribution is 0.879. The van der Waals surface area contributed by atoms with Crippen molar-refractivity contribution >= 4 is 15.9 Å². The molecule has 2 N–H and O–H groups in total. The fourth-order valence-electron chi connectivity index (χ4n) is 0.621. The van der Waals surface area contributed by atoms with Crippen LogP contribution >= 0.6 is 15.9 Å². The van der Waals surface area contributed by atoms with E-state index in [-0.39, 0.29) is 5.56 Å². The number of hydrogen-bond acceptors (Lipinski definition) is 2. The molecule has 10 heavy (non-hydrogen) atoms. The highest BCUT2D eigenvalue weighted by atomic mass is 79.9. The molecule has 3 nitrogen and oxygen atoms in total. The molecule has 0 aliphatic heterocycles. The molecule has 0 saturated heterocycles. The van der Waals surface area contributed by atoms with Crippen LogP contribution in [0.3, 0.4) is 0 Å². The van der Waals surface area contributed by atoms with E-state index in [1.165, 1.54) is 0 Å². The summed E-state index contributed by atoms with van der Waals surface area (Å²) in [5.41, 5.74) is 0.535. The van der Waals surface area contributed by atoms with Crippen molar-refractivity contribution in [2.75, 3.05) is 5.84 Å². The Kier molecular flexibility index (Phi) is 1.80. The molecule has 0 bridgehead atoms. The molecule has 0 atom stereocenters. The molecule has 1 rings (SSSR count). The van der Waals surface area contributed by atoms with E-state index in [1.54, 1.807) is 19.1 Å². The lowest BCUT2D eigenvalue weighted by Crippen LogP contribution is -2.29. The Morgan fingerprint density at radius 1 is 1.60 bits per heavy atom. The minimum absolute atomic E-state index is 0.208. The predicted octanol–water partition coefficient (Wildman–Crippen LogP) is 0.633. The first-order chi connectivity index (χ1) is 4.63. The number of rotatable bonds is 0. The van der Waals surface area contributed by atoms with E-state index in [4.69, 9.17) is 5.84 Å². The first-order valence-corrected chi connectivity index (χ1v) is 3.55. The first-order valence-electron chi connectivity index (χ1n) is 2.76. The summed E-state index contributed by atoms with van der Waals surface area (Å²) in [7, 11) is 0. The lowest BCUT2D eigenvalue weighted by Gasteiger charge is -2.01.